The van der Waals surface area contributed by atoms with Gasteiger partial charge in [-0.3, -0.25) is 9.69 Å². The zero-order valence-electron chi connectivity index (χ0n) is 12.7. The van der Waals surface area contributed by atoms with Gasteiger partial charge in [0.2, 0.25) is 5.91 Å². The van der Waals surface area contributed by atoms with Gasteiger partial charge in [0.1, 0.15) is 6.54 Å². The molecule has 1 aromatic carbocycles. The summed E-state index contributed by atoms with van der Waals surface area (Å²) < 4.78 is 4.97. The molecule has 1 aliphatic heterocycles. The van der Waals surface area contributed by atoms with E-state index in [1.165, 1.54) is 4.90 Å². The number of halogens is 1. The molecular weight excluding hydrogens is 306 g/mol. The third-order valence-corrected chi connectivity index (χ3v) is 3.61. The van der Waals surface area contributed by atoms with Crippen LogP contribution in [0.1, 0.15) is 6.92 Å². The molecule has 1 unspecified atom stereocenters. The zero-order valence-corrected chi connectivity index (χ0v) is 13.5. The van der Waals surface area contributed by atoms with Crippen LogP contribution in [-0.2, 0) is 9.53 Å². The van der Waals surface area contributed by atoms with E-state index in [2.05, 4.69) is 5.32 Å². The van der Waals surface area contributed by atoms with E-state index in [0.29, 0.717) is 24.7 Å². The van der Waals surface area contributed by atoms with E-state index in [-0.39, 0.29) is 24.5 Å². The first-order valence-corrected chi connectivity index (χ1v) is 7.49. The third kappa shape index (κ3) is 4.11. The Morgan fingerprint density at radius 3 is 2.91 bits per heavy atom. The number of carbonyl (C=O) groups excluding carboxylic acids is 2. The van der Waals surface area contributed by atoms with E-state index in [1.807, 2.05) is 13.0 Å². The van der Waals surface area contributed by atoms with E-state index in [9.17, 15) is 9.59 Å². The fourth-order valence-corrected chi connectivity index (χ4v) is 2.58. The maximum Gasteiger partial charge on any atom is 0.325 e. The van der Waals surface area contributed by atoms with E-state index in [0.717, 1.165) is 5.69 Å². The molecule has 120 valence electrons. The number of hydrogen-bond donors (Lipinski definition) is 1. The van der Waals surface area contributed by atoms with Crippen LogP contribution in [0.4, 0.5) is 10.5 Å². The summed E-state index contributed by atoms with van der Waals surface area (Å²) in [7, 11) is 1.58. The average molecular weight is 326 g/mol. The quantitative estimate of drug-likeness (QED) is 0.866. The van der Waals surface area contributed by atoms with Crippen molar-refractivity contribution in [2.24, 2.45) is 0 Å². The number of amides is 3. The summed E-state index contributed by atoms with van der Waals surface area (Å²) in [6.45, 7) is 3.39. The number of carbonyl (C=O) groups is 2. The molecule has 1 fully saturated rings. The SMILES string of the molecule is COCC(C)NC(=O)CN1CCN(c2cccc(Cl)c2)C1=O. The molecule has 1 N–H and O–H groups in total. The monoisotopic (exact) mass is 325 g/mol. The molecule has 1 saturated heterocycles. The number of nitrogens with one attached hydrogen (secondary N) is 1. The second-order valence-corrected chi connectivity index (χ2v) is 5.70. The number of ether oxygens (including phenoxy) is 1. The zero-order chi connectivity index (χ0) is 16.1. The van der Waals surface area contributed by atoms with Gasteiger partial charge in [-0.25, -0.2) is 4.79 Å². The molecule has 0 aromatic heterocycles. The molecule has 22 heavy (non-hydrogen) atoms. The molecule has 1 atom stereocenters. The highest BCUT2D eigenvalue weighted by molar-refractivity contribution is 6.30. The van der Waals surface area contributed by atoms with Gasteiger partial charge < -0.3 is 15.0 Å². The second kappa shape index (κ2) is 7.47. The van der Waals surface area contributed by atoms with Gasteiger partial charge in [-0.15, -0.1) is 0 Å². The fraction of sp³-hybridized carbons (Fsp3) is 0.467. The van der Waals surface area contributed by atoms with Crippen molar-refractivity contribution in [3.05, 3.63) is 29.3 Å². The largest absolute Gasteiger partial charge is 0.383 e. The molecule has 3 amide bonds. The molecule has 0 aliphatic carbocycles. The lowest BCUT2D eigenvalue weighted by molar-refractivity contribution is -0.122. The standard InChI is InChI=1S/C15H20ClN3O3/c1-11(10-22-2)17-14(20)9-18-6-7-19(15(18)21)13-5-3-4-12(16)8-13/h3-5,8,11H,6-7,9-10H2,1-2H3,(H,17,20). The summed E-state index contributed by atoms with van der Waals surface area (Å²) in [5.74, 6) is -0.189. The van der Waals surface area contributed by atoms with Crippen LogP contribution >= 0.6 is 11.6 Å². The number of benzene rings is 1. The van der Waals surface area contributed by atoms with E-state index >= 15 is 0 Å². The Bertz CT molecular complexity index is 553. The molecule has 0 radical (unpaired) electrons. The summed E-state index contributed by atoms with van der Waals surface area (Å²) in [6.07, 6.45) is 0. The molecule has 7 heteroatoms. The van der Waals surface area contributed by atoms with Gasteiger partial charge in [-0.05, 0) is 25.1 Å². The molecule has 1 aliphatic rings. The number of urea groups is 1. The lowest BCUT2D eigenvalue weighted by Crippen LogP contribution is -2.44. The minimum atomic E-state index is -0.189. The summed E-state index contributed by atoms with van der Waals surface area (Å²) in [5.41, 5.74) is 0.744. The Kier molecular flexibility index (Phi) is 5.63. The molecule has 1 aromatic rings. The normalized spacial score (nSPS) is 16.0. The number of anilines is 1. The topological polar surface area (TPSA) is 61.9 Å². The molecule has 6 nitrogen and oxygen atoms in total. The highest BCUT2D eigenvalue weighted by atomic mass is 35.5. The number of hydrogen-bond acceptors (Lipinski definition) is 3. The first-order valence-electron chi connectivity index (χ1n) is 7.11. The first-order chi connectivity index (χ1) is 10.5. The minimum Gasteiger partial charge on any atom is -0.383 e. The van der Waals surface area contributed by atoms with Crippen molar-refractivity contribution in [1.82, 2.24) is 10.2 Å². The van der Waals surface area contributed by atoms with Crippen LogP contribution in [0.15, 0.2) is 24.3 Å². The summed E-state index contributed by atoms with van der Waals surface area (Å²) in [4.78, 5) is 27.4. The van der Waals surface area contributed by atoms with Crippen LogP contribution in [0.2, 0.25) is 5.02 Å². The third-order valence-electron chi connectivity index (χ3n) is 3.37. The van der Waals surface area contributed by atoms with Crippen LogP contribution in [0.25, 0.3) is 0 Å². The van der Waals surface area contributed by atoms with Gasteiger partial charge in [0.15, 0.2) is 0 Å². The summed E-state index contributed by atoms with van der Waals surface area (Å²) in [5, 5.41) is 3.37. The number of nitrogens with zero attached hydrogens (tertiary/aromatic N) is 2. The van der Waals surface area contributed by atoms with E-state index in [4.69, 9.17) is 16.3 Å². The summed E-state index contributed by atoms with van der Waals surface area (Å²) >= 11 is 5.95. The van der Waals surface area contributed by atoms with Crippen LogP contribution in [-0.4, -0.2) is 56.2 Å². The molecule has 0 spiro atoms. The Morgan fingerprint density at radius 1 is 1.45 bits per heavy atom. The van der Waals surface area contributed by atoms with Crippen LogP contribution in [0, 0.1) is 0 Å². The maximum atomic E-state index is 12.4. The Labute approximate surface area is 135 Å². The van der Waals surface area contributed by atoms with Gasteiger partial charge >= 0.3 is 6.03 Å². The number of rotatable bonds is 6. The molecule has 0 bridgehead atoms. The molecule has 0 saturated carbocycles. The highest BCUT2D eigenvalue weighted by Crippen LogP contribution is 2.23. The van der Waals surface area contributed by atoms with Gasteiger partial charge in [-0.2, -0.15) is 0 Å². The van der Waals surface area contributed by atoms with Crippen molar-refractivity contribution < 1.29 is 14.3 Å². The van der Waals surface area contributed by atoms with Crippen LogP contribution in [0.3, 0.4) is 0 Å². The van der Waals surface area contributed by atoms with Crippen molar-refractivity contribution in [1.29, 1.82) is 0 Å². The van der Waals surface area contributed by atoms with Crippen molar-refractivity contribution in [2.75, 3.05) is 38.3 Å². The Morgan fingerprint density at radius 2 is 2.23 bits per heavy atom. The molecule has 2 rings (SSSR count). The Balaban J connectivity index is 1.93. The minimum absolute atomic E-state index is 0.0456. The van der Waals surface area contributed by atoms with Gasteiger partial charge in [0.25, 0.3) is 0 Å². The Hall–Kier alpha value is -1.79. The van der Waals surface area contributed by atoms with E-state index in [1.54, 1.807) is 30.2 Å². The second-order valence-electron chi connectivity index (χ2n) is 5.26. The van der Waals surface area contributed by atoms with Crippen LogP contribution in [0.5, 0.6) is 0 Å². The predicted octanol–water partition coefficient (Wildman–Crippen LogP) is 1.73. The average Bonchev–Trinajstić information content (AvgIpc) is 2.80. The van der Waals surface area contributed by atoms with Crippen molar-refractivity contribution in [3.8, 4) is 0 Å². The summed E-state index contributed by atoms with van der Waals surface area (Å²) in [6, 6.07) is 6.86. The van der Waals surface area contributed by atoms with E-state index < -0.39 is 0 Å². The maximum absolute atomic E-state index is 12.4. The fourth-order valence-electron chi connectivity index (χ4n) is 2.40. The van der Waals surface area contributed by atoms with Crippen molar-refractivity contribution in [2.45, 2.75) is 13.0 Å². The predicted molar refractivity (Wildman–Crippen MR) is 85.2 cm³/mol. The first kappa shape index (κ1) is 16.6. The van der Waals surface area contributed by atoms with Gasteiger partial charge in [-0.1, -0.05) is 17.7 Å². The molecular formula is C15H20ClN3O3. The van der Waals surface area contributed by atoms with Gasteiger partial charge in [0.05, 0.1) is 6.61 Å². The van der Waals surface area contributed by atoms with Crippen LogP contribution < -0.4 is 10.2 Å². The lowest BCUT2D eigenvalue weighted by Gasteiger charge is -2.19. The molecule has 1 heterocycles. The number of methoxy groups -OCH3 is 1. The van der Waals surface area contributed by atoms with Gasteiger partial charge in [0, 0.05) is 37.0 Å². The highest BCUT2D eigenvalue weighted by Gasteiger charge is 2.31. The smallest absolute Gasteiger partial charge is 0.325 e. The van der Waals surface area contributed by atoms with Crippen molar-refractivity contribution >= 4 is 29.2 Å². The van der Waals surface area contributed by atoms with Crippen molar-refractivity contribution in [3.63, 3.8) is 0 Å². The lowest BCUT2D eigenvalue weighted by atomic mass is 10.3.